The minimum absolute atomic E-state index is 0. The molecule has 0 radical (unpaired) electrons. The zero-order chi connectivity index (χ0) is 19.8. The van der Waals surface area contributed by atoms with Crippen molar-refractivity contribution in [1.29, 1.82) is 0 Å². The fraction of sp³-hybridized carbons (Fsp3) is 0.100. The fourth-order valence-electron chi connectivity index (χ4n) is 2.19. The molecule has 0 unspecified atom stereocenters. The molecule has 9 heteroatoms. The van der Waals surface area contributed by atoms with Crippen LogP contribution in [0.25, 0.3) is 0 Å². The number of carbonyl (C=O) groups excluding carboxylic acids is 1. The monoisotopic (exact) mass is 657 g/mol. The highest BCUT2D eigenvalue weighted by atomic mass is 127. The number of hydrogen-bond donors (Lipinski definition) is 1. The molecule has 0 aliphatic heterocycles. The van der Waals surface area contributed by atoms with E-state index in [1.54, 1.807) is 30.3 Å². The van der Waals surface area contributed by atoms with Gasteiger partial charge in [-0.1, -0.05) is 28.4 Å². The molecule has 3 rings (SSSR count). The average molecular weight is 658 g/mol. The van der Waals surface area contributed by atoms with Gasteiger partial charge in [-0.3, -0.25) is 4.79 Å². The van der Waals surface area contributed by atoms with Gasteiger partial charge in [-0.25, -0.2) is 9.13 Å². The van der Waals surface area contributed by atoms with Crippen molar-refractivity contribution in [2.24, 2.45) is 19.3 Å². The normalized spacial score (nSPS) is 9.66. The first-order valence-electron chi connectivity index (χ1n) is 7.99. The number of pyridine rings is 2. The molecule has 0 bridgehead atoms. The lowest BCUT2D eigenvalue weighted by Gasteiger charge is -2.02. The third-order valence-corrected chi connectivity index (χ3v) is 4.45. The van der Waals surface area contributed by atoms with E-state index < -0.39 is 0 Å². The molecular weight excluding hydrogens is 639 g/mol. The van der Waals surface area contributed by atoms with Crippen LogP contribution in [0.15, 0.2) is 72.3 Å². The molecule has 3 aromatic rings. The van der Waals surface area contributed by atoms with Crippen LogP contribution in [-0.2, 0) is 14.1 Å². The van der Waals surface area contributed by atoms with Gasteiger partial charge < -0.3 is 53.2 Å². The van der Waals surface area contributed by atoms with E-state index in [4.69, 9.17) is 28.4 Å². The van der Waals surface area contributed by atoms with Crippen molar-refractivity contribution in [1.82, 2.24) is 0 Å². The molecule has 0 fully saturated rings. The lowest BCUT2D eigenvalue weighted by molar-refractivity contribution is -0.672. The largest absolute Gasteiger partial charge is 1.00 e. The van der Waals surface area contributed by atoms with E-state index in [1.807, 2.05) is 60.0 Å². The number of hydrogen-bond acceptors (Lipinski definition) is 3. The predicted molar refractivity (Wildman–Crippen MR) is 105 cm³/mol. The highest BCUT2D eigenvalue weighted by Crippen LogP contribution is 2.23. The number of aromatic nitrogens is 2. The Labute approximate surface area is 214 Å². The molecule has 1 aromatic carbocycles. The average Bonchev–Trinajstić information content (AvgIpc) is 2.67. The van der Waals surface area contributed by atoms with Crippen LogP contribution >= 0.6 is 23.2 Å². The Balaban J connectivity index is 0.000000567. The van der Waals surface area contributed by atoms with Crippen molar-refractivity contribution in [3.8, 4) is 0 Å². The number of nitrogens with zero attached hydrogens (tertiary/aromatic N) is 3. The van der Waals surface area contributed by atoms with E-state index in [2.05, 4.69) is 5.16 Å². The molecule has 29 heavy (non-hydrogen) atoms. The lowest BCUT2D eigenvalue weighted by Crippen LogP contribution is -3.00. The molecule has 2 heterocycles. The molecular formula is C20H19Cl2I2N3O2. The van der Waals surface area contributed by atoms with Gasteiger partial charge in [0.25, 0.3) is 0 Å². The molecule has 0 atom stereocenters. The van der Waals surface area contributed by atoms with Gasteiger partial charge in [0.05, 0.1) is 10.0 Å². The highest BCUT2D eigenvalue weighted by Gasteiger charge is 2.11. The number of rotatable bonds is 3. The van der Waals surface area contributed by atoms with Crippen LogP contribution in [0.3, 0.4) is 0 Å². The number of oxime groups is 1. The van der Waals surface area contributed by atoms with Crippen LogP contribution in [0.4, 0.5) is 0 Å². The van der Waals surface area contributed by atoms with Crippen molar-refractivity contribution in [2.75, 3.05) is 0 Å². The van der Waals surface area contributed by atoms with Gasteiger partial charge in [0.1, 0.15) is 20.3 Å². The Kier molecular flexibility index (Phi) is 13.2. The second kappa shape index (κ2) is 13.8. The van der Waals surface area contributed by atoms with Gasteiger partial charge in [-0.2, -0.15) is 0 Å². The highest BCUT2D eigenvalue weighted by molar-refractivity contribution is 6.42. The summed E-state index contributed by atoms with van der Waals surface area (Å²) in [5.41, 5.74) is 2.03. The summed E-state index contributed by atoms with van der Waals surface area (Å²) in [7, 11) is 3.78. The minimum Gasteiger partial charge on any atom is -1.00 e. The number of ketones is 1. The van der Waals surface area contributed by atoms with Gasteiger partial charge in [0.15, 0.2) is 24.4 Å². The number of aryl methyl sites for hydroxylation is 2. The maximum Gasteiger partial charge on any atom is 0.226 e. The molecule has 0 spiro atoms. The summed E-state index contributed by atoms with van der Waals surface area (Å²) in [4.78, 5) is 12.1. The zero-order valence-corrected chi connectivity index (χ0v) is 21.5. The van der Waals surface area contributed by atoms with Crippen molar-refractivity contribution in [3.63, 3.8) is 0 Å². The van der Waals surface area contributed by atoms with Gasteiger partial charge in [-0.15, -0.1) is 0 Å². The Bertz CT molecular complexity index is 968. The fourth-order valence-corrected chi connectivity index (χ4v) is 2.48. The third-order valence-electron chi connectivity index (χ3n) is 3.71. The maximum absolute atomic E-state index is 12.1. The van der Waals surface area contributed by atoms with Gasteiger partial charge in [0, 0.05) is 35.4 Å². The van der Waals surface area contributed by atoms with Crippen LogP contribution in [0.1, 0.15) is 21.6 Å². The molecule has 5 nitrogen and oxygen atoms in total. The smallest absolute Gasteiger partial charge is 0.226 e. The van der Waals surface area contributed by atoms with Crippen molar-refractivity contribution in [3.05, 3.63) is 94.0 Å². The standard InChI is InChI=1S/C13H10Cl2NO.C7H8N2O.2HI/c1-16-6-4-9(5-7-16)13(17)10-2-3-11(14)12(15)8-10;1-9-5-3-2-4-7(9)6-8-10;;/h2-8H,1H3;2-6H,1H3;2*1H/q+1;;;/p-1. The summed E-state index contributed by atoms with van der Waals surface area (Å²) in [6.07, 6.45) is 6.92. The summed E-state index contributed by atoms with van der Waals surface area (Å²) in [6.45, 7) is 0. The minimum atomic E-state index is -0.0656. The van der Waals surface area contributed by atoms with Gasteiger partial charge in [-0.05, 0) is 24.3 Å². The first kappa shape index (κ1) is 27.7. The first-order valence-corrected chi connectivity index (χ1v) is 8.75. The molecule has 0 aliphatic carbocycles. The van der Waals surface area contributed by atoms with E-state index in [0.29, 0.717) is 21.2 Å². The number of benzene rings is 1. The van der Waals surface area contributed by atoms with Crippen LogP contribution in [-0.4, -0.2) is 17.2 Å². The SMILES string of the molecule is C[n+]1ccc(C(=O)c2ccc(Cl)c(Cl)c2)cc1.C[n+]1ccccc1C=NO.[I-].[I-]. The molecule has 0 aliphatic rings. The Hall–Kier alpha value is -1.30. The quantitative estimate of drug-likeness (QED) is 0.0838. The summed E-state index contributed by atoms with van der Waals surface area (Å²) in [5.74, 6) is -0.0656. The van der Waals surface area contributed by atoms with E-state index in [9.17, 15) is 4.79 Å². The Morgan fingerprint density at radius 2 is 1.59 bits per heavy atom. The van der Waals surface area contributed by atoms with Crippen LogP contribution in [0.5, 0.6) is 0 Å². The summed E-state index contributed by atoms with van der Waals surface area (Å²) >= 11 is 11.7. The van der Waals surface area contributed by atoms with E-state index in [1.165, 1.54) is 6.21 Å². The molecule has 1 N–H and O–H groups in total. The predicted octanol–water partition coefficient (Wildman–Crippen LogP) is -2.62. The van der Waals surface area contributed by atoms with Gasteiger partial charge in [0.2, 0.25) is 5.69 Å². The summed E-state index contributed by atoms with van der Waals surface area (Å²) in [5, 5.41) is 12.0. The maximum atomic E-state index is 12.1. The van der Waals surface area contributed by atoms with E-state index in [0.717, 1.165) is 5.69 Å². The Morgan fingerprint density at radius 3 is 2.14 bits per heavy atom. The zero-order valence-electron chi connectivity index (χ0n) is 15.6. The third kappa shape index (κ3) is 8.53. The summed E-state index contributed by atoms with van der Waals surface area (Å²) < 4.78 is 3.73. The Morgan fingerprint density at radius 1 is 0.931 bits per heavy atom. The van der Waals surface area contributed by atoms with Gasteiger partial charge >= 0.3 is 0 Å². The van der Waals surface area contributed by atoms with E-state index in [-0.39, 0.29) is 53.7 Å². The molecule has 0 saturated heterocycles. The van der Waals surface area contributed by atoms with Crippen molar-refractivity contribution >= 4 is 35.2 Å². The lowest BCUT2D eigenvalue weighted by atomic mass is 10.0. The number of carbonyl (C=O) groups is 1. The van der Waals surface area contributed by atoms with Crippen LogP contribution < -0.4 is 57.1 Å². The molecule has 0 saturated carbocycles. The topological polar surface area (TPSA) is 57.4 Å². The van der Waals surface area contributed by atoms with Crippen LogP contribution in [0.2, 0.25) is 10.0 Å². The second-order valence-electron chi connectivity index (χ2n) is 5.69. The van der Waals surface area contributed by atoms with Crippen molar-refractivity contribution < 1.29 is 67.1 Å². The number of halogens is 4. The van der Waals surface area contributed by atoms with Crippen molar-refractivity contribution in [2.45, 2.75) is 0 Å². The first-order chi connectivity index (χ1) is 12.9. The second-order valence-corrected chi connectivity index (χ2v) is 6.51. The molecule has 2 aromatic heterocycles. The summed E-state index contributed by atoms with van der Waals surface area (Å²) in [6, 6.07) is 14.1. The van der Waals surface area contributed by atoms with E-state index >= 15 is 0 Å². The molecule has 154 valence electrons. The van der Waals surface area contributed by atoms with Crippen LogP contribution in [0, 0.1) is 0 Å². The molecule has 0 amide bonds.